The highest BCUT2D eigenvalue weighted by molar-refractivity contribution is 5.93. The fourth-order valence-corrected chi connectivity index (χ4v) is 4.42. The molecule has 0 N–H and O–H groups in total. The van der Waals surface area contributed by atoms with E-state index in [4.69, 9.17) is 0 Å². The summed E-state index contributed by atoms with van der Waals surface area (Å²) in [4.78, 5) is 17.2. The van der Waals surface area contributed by atoms with Crippen molar-refractivity contribution in [2.24, 2.45) is 0 Å². The summed E-state index contributed by atoms with van der Waals surface area (Å²) in [5.74, 6) is 0. The molecule has 0 bridgehead atoms. The Balaban J connectivity index is 2.27. The van der Waals surface area contributed by atoms with Gasteiger partial charge in [-0.1, -0.05) is 52.0 Å². The first-order chi connectivity index (χ1) is 10.3. The van der Waals surface area contributed by atoms with E-state index < -0.39 is 0 Å². The van der Waals surface area contributed by atoms with Crippen LogP contribution in [0.25, 0.3) is 16.4 Å². The normalized spacial score (nSPS) is 18.7. The fraction of sp³-hybridized carbons (Fsp3) is 0.368. The second kappa shape index (κ2) is 3.97. The number of nitrogens with zero attached hydrogens (tertiary/aromatic N) is 2. The molecule has 1 aromatic carbocycles. The number of fused-ring (bicyclic) bond motifs is 5. The van der Waals surface area contributed by atoms with Crippen LogP contribution in [-0.2, 0) is 10.8 Å². The standard InChI is InChI=1S/C19H20N2O/c1-18(2)11-19(3,4)15-14(18)17(22)20-16-13-8-6-5-7-12(13)9-10-21(15)16/h5-10H,11H2,1-4H3. The van der Waals surface area contributed by atoms with Crippen molar-refractivity contribution in [1.29, 1.82) is 0 Å². The van der Waals surface area contributed by atoms with Gasteiger partial charge in [-0.25, -0.2) is 0 Å². The Labute approximate surface area is 129 Å². The number of hydrogen-bond donors (Lipinski definition) is 0. The third-order valence-electron chi connectivity index (χ3n) is 4.93. The molecule has 2 heterocycles. The molecule has 0 unspecified atom stereocenters. The van der Waals surface area contributed by atoms with Gasteiger partial charge in [0, 0.05) is 28.3 Å². The van der Waals surface area contributed by atoms with Gasteiger partial charge >= 0.3 is 0 Å². The first-order valence-electron chi connectivity index (χ1n) is 7.76. The highest BCUT2D eigenvalue weighted by Crippen LogP contribution is 2.47. The van der Waals surface area contributed by atoms with Crippen molar-refractivity contribution in [3.05, 3.63) is 58.1 Å². The minimum absolute atomic E-state index is 0.0354. The van der Waals surface area contributed by atoms with Gasteiger partial charge in [-0.2, -0.15) is 4.98 Å². The maximum absolute atomic E-state index is 12.7. The summed E-state index contributed by atoms with van der Waals surface area (Å²) < 4.78 is 2.13. The second-order valence-corrected chi connectivity index (χ2v) is 7.68. The first-order valence-corrected chi connectivity index (χ1v) is 7.76. The maximum atomic E-state index is 12.7. The third-order valence-corrected chi connectivity index (χ3v) is 4.93. The highest BCUT2D eigenvalue weighted by Gasteiger charge is 2.45. The Morgan fingerprint density at radius 2 is 1.77 bits per heavy atom. The van der Waals surface area contributed by atoms with E-state index in [0.717, 1.165) is 34.1 Å². The van der Waals surface area contributed by atoms with E-state index in [1.54, 1.807) is 0 Å². The van der Waals surface area contributed by atoms with E-state index >= 15 is 0 Å². The molecular weight excluding hydrogens is 272 g/mol. The fourth-order valence-electron chi connectivity index (χ4n) is 4.42. The zero-order valence-electron chi connectivity index (χ0n) is 13.5. The molecule has 0 saturated heterocycles. The molecule has 0 aliphatic heterocycles. The Morgan fingerprint density at radius 1 is 1.05 bits per heavy atom. The van der Waals surface area contributed by atoms with Crippen LogP contribution in [0.2, 0.25) is 0 Å². The SMILES string of the molecule is CC1(C)CC(C)(C)c2c1c(=O)nc1c3ccccc3ccn21. The van der Waals surface area contributed by atoms with Crippen LogP contribution in [0.4, 0.5) is 0 Å². The summed E-state index contributed by atoms with van der Waals surface area (Å²) in [6.45, 7) is 8.75. The first kappa shape index (κ1) is 13.5. The van der Waals surface area contributed by atoms with Crippen molar-refractivity contribution >= 4 is 16.4 Å². The van der Waals surface area contributed by atoms with Gasteiger partial charge in [0.05, 0.1) is 0 Å². The number of pyridine rings is 1. The van der Waals surface area contributed by atoms with Crippen molar-refractivity contribution in [3.8, 4) is 0 Å². The van der Waals surface area contributed by atoms with Crippen LogP contribution in [0.3, 0.4) is 0 Å². The monoisotopic (exact) mass is 292 g/mol. The molecule has 112 valence electrons. The highest BCUT2D eigenvalue weighted by atomic mass is 16.1. The smallest absolute Gasteiger partial charge is 0.277 e. The van der Waals surface area contributed by atoms with Gasteiger partial charge in [-0.3, -0.25) is 4.79 Å². The van der Waals surface area contributed by atoms with Crippen molar-refractivity contribution in [3.63, 3.8) is 0 Å². The summed E-state index contributed by atoms with van der Waals surface area (Å²) in [6.07, 6.45) is 3.03. The molecule has 0 atom stereocenters. The van der Waals surface area contributed by atoms with Gasteiger partial charge in [-0.15, -0.1) is 0 Å². The van der Waals surface area contributed by atoms with Crippen molar-refractivity contribution in [2.45, 2.75) is 44.9 Å². The van der Waals surface area contributed by atoms with E-state index in [-0.39, 0.29) is 16.4 Å². The van der Waals surface area contributed by atoms with Crippen LogP contribution >= 0.6 is 0 Å². The zero-order valence-corrected chi connectivity index (χ0v) is 13.5. The van der Waals surface area contributed by atoms with Crippen molar-refractivity contribution in [1.82, 2.24) is 9.38 Å². The number of hydrogen-bond acceptors (Lipinski definition) is 2. The molecule has 0 saturated carbocycles. The van der Waals surface area contributed by atoms with Crippen LogP contribution in [-0.4, -0.2) is 9.38 Å². The van der Waals surface area contributed by atoms with E-state index in [1.807, 2.05) is 18.2 Å². The van der Waals surface area contributed by atoms with E-state index in [9.17, 15) is 4.79 Å². The molecule has 1 aliphatic rings. The molecule has 0 spiro atoms. The molecule has 22 heavy (non-hydrogen) atoms. The number of benzene rings is 1. The number of rotatable bonds is 0. The second-order valence-electron chi connectivity index (χ2n) is 7.68. The van der Waals surface area contributed by atoms with E-state index in [0.29, 0.717) is 0 Å². The Kier molecular flexibility index (Phi) is 2.44. The summed E-state index contributed by atoms with van der Waals surface area (Å²) in [7, 11) is 0. The van der Waals surface area contributed by atoms with Crippen LogP contribution in [0.1, 0.15) is 45.4 Å². The molecular formula is C19H20N2O. The van der Waals surface area contributed by atoms with E-state index in [2.05, 4.69) is 55.4 Å². The van der Waals surface area contributed by atoms with Gasteiger partial charge in [0.25, 0.3) is 5.56 Å². The van der Waals surface area contributed by atoms with Crippen LogP contribution in [0.15, 0.2) is 41.3 Å². The molecule has 3 heteroatoms. The summed E-state index contributed by atoms with van der Waals surface area (Å²) >= 11 is 0. The Morgan fingerprint density at radius 3 is 2.55 bits per heavy atom. The predicted octanol–water partition coefficient (Wildman–Crippen LogP) is 3.81. The Hall–Kier alpha value is -2.16. The van der Waals surface area contributed by atoms with Gasteiger partial charge < -0.3 is 4.40 Å². The Bertz CT molecular complexity index is 980. The molecule has 0 amide bonds. The zero-order chi connectivity index (χ0) is 15.7. The molecule has 4 rings (SSSR count). The molecule has 0 radical (unpaired) electrons. The maximum Gasteiger partial charge on any atom is 0.277 e. The van der Waals surface area contributed by atoms with Crippen molar-refractivity contribution in [2.75, 3.05) is 0 Å². The van der Waals surface area contributed by atoms with Gasteiger partial charge in [-0.05, 0) is 23.3 Å². The minimum atomic E-state index is -0.129. The largest absolute Gasteiger partial charge is 0.304 e. The summed E-state index contributed by atoms with van der Waals surface area (Å²) in [6, 6.07) is 10.2. The molecule has 2 aromatic heterocycles. The minimum Gasteiger partial charge on any atom is -0.304 e. The lowest BCUT2D eigenvalue weighted by Crippen LogP contribution is -2.26. The van der Waals surface area contributed by atoms with Crippen LogP contribution < -0.4 is 5.56 Å². The average Bonchev–Trinajstić information content (AvgIpc) is 2.64. The van der Waals surface area contributed by atoms with Crippen LogP contribution in [0.5, 0.6) is 0 Å². The molecule has 0 fully saturated rings. The topological polar surface area (TPSA) is 34.4 Å². The summed E-state index contributed by atoms with van der Waals surface area (Å²) in [5, 5.41) is 2.15. The lowest BCUT2D eigenvalue weighted by molar-refractivity contribution is 0.397. The lowest BCUT2D eigenvalue weighted by Gasteiger charge is -2.22. The number of aromatic nitrogens is 2. The predicted molar refractivity (Wildman–Crippen MR) is 89.6 cm³/mol. The van der Waals surface area contributed by atoms with E-state index in [1.165, 1.54) is 0 Å². The van der Waals surface area contributed by atoms with Crippen LogP contribution in [0, 0.1) is 0 Å². The van der Waals surface area contributed by atoms with Gasteiger partial charge in [0.2, 0.25) is 0 Å². The molecule has 3 aromatic rings. The third kappa shape index (κ3) is 1.62. The van der Waals surface area contributed by atoms with Crippen molar-refractivity contribution < 1.29 is 0 Å². The van der Waals surface area contributed by atoms with Gasteiger partial charge in [0.15, 0.2) is 0 Å². The quantitative estimate of drug-likeness (QED) is 0.591. The molecule has 3 nitrogen and oxygen atoms in total. The van der Waals surface area contributed by atoms with Gasteiger partial charge in [0.1, 0.15) is 5.65 Å². The lowest BCUT2D eigenvalue weighted by atomic mass is 9.82. The average molecular weight is 292 g/mol. The summed E-state index contributed by atoms with van der Waals surface area (Å²) in [5.41, 5.74) is 2.54. The molecule has 1 aliphatic carbocycles.